The van der Waals surface area contributed by atoms with Crippen LogP contribution in [0, 0.1) is 6.92 Å². The van der Waals surface area contributed by atoms with Crippen LogP contribution in [0.15, 0.2) is 23.1 Å². The summed E-state index contributed by atoms with van der Waals surface area (Å²) in [4.78, 5) is 10.6. The molecule has 0 aliphatic carbocycles. The van der Waals surface area contributed by atoms with E-state index in [2.05, 4.69) is 9.44 Å². The van der Waals surface area contributed by atoms with Crippen LogP contribution in [0.1, 0.15) is 12.5 Å². The molecule has 0 saturated carbocycles. The van der Waals surface area contributed by atoms with E-state index in [-0.39, 0.29) is 10.6 Å². The van der Waals surface area contributed by atoms with E-state index in [9.17, 15) is 21.6 Å². The molecule has 1 aromatic carbocycles. The van der Waals surface area contributed by atoms with Crippen LogP contribution in [0.4, 0.5) is 5.69 Å². The van der Waals surface area contributed by atoms with E-state index in [0.717, 1.165) is 13.0 Å². The van der Waals surface area contributed by atoms with Crippen molar-refractivity contribution in [3.63, 3.8) is 0 Å². The topological polar surface area (TPSA) is 130 Å². The number of anilines is 1. The lowest BCUT2D eigenvalue weighted by Crippen LogP contribution is -2.32. The van der Waals surface area contributed by atoms with Gasteiger partial charge in [-0.2, -0.15) is 0 Å². The normalized spacial score (nSPS) is 13.7. The second-order valence-corrected chi connectivity index (χ2v) is 8.17. The number of hydrogen-bond acceptors (Lipinski definition) is 5. The van der Waals surface area contributed by atoms with Crippen molar-refractivity contribution < 1.29 is 26.7 Å². The lowest BCUT2D eigenvalue weighted by molar-refractivity contribution is -0.136. The molecule has 21 heavy (non-hydrogen) atoms. The van der Waals surface area contributed by atoms with Crippen LogP contribution >= 0.6 is 0 Å². The van der Waals surface area contributed by atoms with Gasteiger partial charge in [-0.15, -0.1) is 0 Å². The molecule has 0 saturated heterocycles. The molecular formula is C11H16N2O6S2. The molecule has 118 valence electrons. The average molecular weight is 336 g/mol. The standard InChI is InChI=1S/C11H16N2O6S2/c1-7-4-5-9(6-10(7)21(18,19)12-3)13-20(16,17)8(2)11(14)15/h4-6,8,12-13H,1-3H3,(H,14,15). The van der Waals surface area contributed by atoms with Crippen LogP contribution in [0.5, 0.6) is 0 Å². The summed E-state index contributed by atoms with van der Waals surface area (Å²) in [5.41, 5.74) is 0.404. The van der Waals surface area contributed by atoms with Gasteiger partial charge >= 0.3 is 5.97 Å². The highest BCUT2D eigenvalue weighted by atomic mass is 32.2. The third-order valence-electron chi connectivity index (χ3n) is 2.82. The van der Waals surface area contributed by atoms with E-state index >= 15 is 0 Å². The molecule has 0 fully saturated rings. The smallest absolute Gasteiger partial charge is 0.323 e. The molecule has 1 unspecified atom stereocenters. The van der Waals surface area contributed by atoms with Crippen molar-refractivity contribution in [2.24, 2.45) is 0 Å². The van der Waals surface area contributed by atoms with Crippen molar-refractivity contribution in [2.45, 2.75) is 24.0 Å². The third-order valence-corrected chi connectivity index (χ3v) is 6.03. The number of aryl methyl sites for hydroxylation is 1. The predicted octanol–water partition coefficient (Wildman–Crippen LogP) is 0.118. The molecule has 0 radical (unpaired) electrons. The van der Waals surface area contributed by atoms with Crippen molar-refractivity contribution in [3.8, 4) is 0 Å². The molecule has 0 bridgehead atoms. The Balaban J connectivity index is 3.24. The average Bonchev–Trinajstić information content (AvgIpc) is 2.39. The van der Waals surface area contributed by atoms with E-state index in [1.807, 2.05) is 0 Å². The summed E-state index contributed by atoms with van der Waals surface area (Å²) < 4.78 is 51.4. The van der Waals surface area contributed by atoms with Crippen LogP contribution in [-0.4, -0.2) is 40.2 Å². The number of carboxylic acids is 1. The first-order valence-electron chi connectivity index (χ1n) is 5.80. The molecule has 1 atom stereocenters. The number of rotatable bonds is 6. The van der Waals surface area contributed by atoms with Gasteiger partial charge in [0.15, 0.2) is 5.25 Å². The van der Waals surface area contributed by atoms with Gasteiger partial charge in [0.25, 0.3) is 0 Å². The number of carboxylic acid groups (broad SMARTS) is 1. The minimum atomic E-state index is -4.16. The second-order valence-electron chi connectivity index (χ2n) is 4.32. The summed E-state index contributed by atoms with van der Waals surface area (Å²) in [5.74, 6) is -1.50. The molecule has 0 aliphatic heterocycles. The van der Waals surface area contributed by atoms with E-state index < -0.39 is 31.3 Å². The molecule has 0 aromatic heterocycles. The van der Waals surface area contributed by atoms with Gasteiger partial charge in [-0.1, -0.05) is 6.07 Å². The Labute approximate surface area is 123 Å². The van der Waals surface area contributed by atoms with Crippen LogP contribution in [0.3, 0.4) is 0 Å². The zero-order valence-corrected chi connectivity index (χ0v) is 13.2. The Hall–Kier alpha value is -1.65. The monoisotopic (exact) mass is 336 g/mol. The number of aliphatic carboxylic acids is 1. The van der Waals surface area contributed by atoms with Gasteiger partial charge in [-0.3, -0.25) is 9.52 Å². The zero-order valence-electron chi connectivity index (χ0n) is 11.6. The van der Waals surface area contributed by atoms with Gasteiger partial charge in [0.2, 0.25) is 20.0 Å². The minimum absolute atomic E-state index is 0.0254. The fourth-order valence-electron chi connectivity index (χ4n) is 1.45. The first kappa shape index (κ1) is 17.4. The summed E-state index contributed by atoms with van der Waals surface area (Å²) in [6, 6.07) is 3.91. The predicted molar refractivity (Wildman–Crippen MR) is 77.1 cm³/mol. The van der Waals surface area contributed by atoms with Crippen molar-refractivity contribution in [1.29, 1.82) is 0 Å². The molecule has 0 amide bonds. The van der Waals surface area contributed by atoms with Crippen LogP contribution in [0.25, 0.3) is 0 Å². The van der Waals surface area contributed by atoms with Crippen molar-refractivity contribution >= 4 is 31.7 Å². The molecule has 0 heterocycles. The van der Waals surface area contributed by atoms with Crippen molar-refractivity contribution in [3.05, 3.63) is 23.8 Å². The number of hydrogen-bond donors (Lipinski definition) is 3. The number of nitrogens with one attached hydrogen (secondary N) is 2. The minimum Gasteiger partial charge on any atom is -0.480 e. The third kappa shape index (κ3) is 3.93. The van der Waals surface area contributed by atoms with E-state index in [0.29, 0.717) is 5.56 Å². The maximum Gasteiger partial charge on any atom is 0.323 e. The summed E-state index contributed by atoms with van der Waals surface area (Å²) in [5, 5.41) is 7.07. The molecule has 0 aliphatic rings. The first-order valence-corrected chi connectivity index (χ1v) is 8.83. The van der Waals surface area contributed by atoms with Crippen LogP contribution < -0.4 is 9.44 Å². The molecule has 1 aromatic rings. The molecule has 3 N–H and O–H groups in total. The van der Waals surface area contributed by atoms with Gasteiger partial charge in [0, 0.05) is 5.69 Å². The molecule has 10 heteroatoms. The fraction of sp³-hybridized carbons (Fsp3) is 0.364. The summed E-state index contributed by atoms with van der Waals surface area (Å²) in [6.45, 7) is 2.58. The highest BCUT2D eigenvalue weighted by Crippen LogP contribution is 2.21. The van der Waals surface area contributed by atoms with Gasteiger partial charge < -0.3 is 5.11 Å². The highest BCUT2D eigenvalue weighted by molar-refractivity contribution is 7.94. The van der Waals surface area contributed by atoms with Gasteiger partial charge in [-0.25, -0.2) is 21.6 Å². The zero-order chi connectivity index (χ0) is 16.4. The number of benzene rings is 1. The van der Waals surface area contributed by atoms with Crippen LogP contribution in [-0.2, 0) is 24.8 Å². The Morgan fingerprint density at radius 1 is 1.24 bits per heavy atom. The quantitative estimate of drug-likeness (QED) is 0.676. The van der Waals surface area contributed by atoms with Gasteiger partial charge in [0.1, 0.15) is 0 Å². The Kier molecular flexibility index (Phi) is 4.97. The lowest BCUT2D eigenvalue weighted by atomic mass is 10.2. The molecule has 0 spiro atoms. The lowest BCUT2D eigenvalue weighted by Gasteiger charge is -2.13. The van der Waals surface area contributed by atoms with Gasteiger partial charge in [0.05, 0.1) is 4.90 Å². The van der Waals surface area contributed by atoms with Crippen LogP contribution in [0.2, 0.25) is 0 Å². The summed E-state index contributed by atoms with van der Waals surface area (Å²) in [6.07, 6.45) is 0. The van der Waals surface area contributed by atoms with E-state index in [1.54, 1.807) is 6.92 Å². The second kappa shape index (κ2) is 6.00. The number of carbonyl (C=O) groups is 1. The van der Waals surface area contributed by atoms with E-state index in [1.165, 1.54) is 19.2 Å². The fourth-order valence-corrected chi connectivity index (χ4v) is 3.34. The summed E-state index contributed by atoms with van der Waals surface area (Å²) >= 11 is 0. The maximum absolute atomic E-state index is 11.8. The Morgan fingerprint density at radius 2 is 1.81 bits per heavy atom. The molecular weight excluding hydrogens is 320 g/mol. The van der Waals surface area contributed by atoms with Crippen molar-refractivity contribution in [2.75, 3.05) is 11.8 Å². The summed E-state index contributed by atoms with van der Waals surface area (Å²) in [7, 11) is -6.67. The molecule has 8 nitrogen and oxygen atoms in total. The highest BCUT2D eigenvalue weighted by Gasteiger charge is 2.28. The largest absolute Gasteiger partial charge is 0.480 e. The van der Waals surface area contributed by atoms with E-state index in [4.69, 9.17) is 5.11 Å². The van der Waals surface area contributed by atoms with Gasteiger partial charge in [-0.05, 0) is 38.6 Å². The Bertz CT molecular complexity index is 755. The number of sulfonamides is 2. The SMILES string of the molecule is CNS(=O)(=O)c1cc(NS(=O)(=O)C(C)C(=O)O)ccc1C. The first-order chi connectivity index (χ1) is 9.51. The molecule has 1 rings (SSSR count). The van der Waals surface area contributed by atoms with Crippen molar-refractivity contribution in [1.82, 2.24) is 4.72 Å². The maximum atomic E-state index is 11.8. The Morgan fingerprint density at radius 3 is 2.29 bits per heavy atom.